The van der Waals surface area contributed by atoms with Crippen molar-refractivity contribution in [2.45, 2.75) is 37.7 Å². The van der Waals surface area contributed by atoms with Crippen molar-refractivity contribution in [3.05, 3.63) is 24.2 Å². The van der Waals surface area contributed by atoms with Crippen molar-refractivity contribution >= 4 is 17.2 Å². The number of hydrogen-bond acceptors (Lipinski definition) is 5. The summed E-state index contributed by atoms with van der Waals surface area (Å²) in [5, 5.41) is 4.69. The first kappa shape index (κ1) is 15.1. The Hall–Kier alpha value is -2.15. The van der Waals surface area contributed by atoms with Crippen molar-refractivity contribution in [3.8, 4) is 0 Å². The van der Waals surface area contributed by atoms with E-state index in [0.29, 0.717) is 19.1 Å². The number of carbonyl (C=O) groups is 1. The van der Waals surface area contributed by atoms with E-state index in [2.05, 4.69) is 16.0 Å². The van der Waals surface area contributed by atoms with E-state index in [-0.39, 0.29) is 12.0 Å². The summed E-state index contributed by atoms with van der Waals surface area (Å²) in [6.07, 6.45) is 7.97. The van der Waals surface area contributed by atoms with Gasteiger partial charge in [0.15, 0.2) is 11.9 Å². The molecule has 1 atom stereocenters. The molecule has 7 heteroatoms. The minimum absolute atomic E-state index is 0.126. The van der Waals surface area contributed by atoms with E-state index in [1.807, 2.05) is 15.6 Å². The number of rotatable bonds is 3. The second-order valence-electron chi connectivity index (χ2n) is 7.26. The average Bonchev–Trinajstić information content (AvgIpc) is 3.18. The van der Waals surface area contributed by atoms with Crippen molar-refractivity contribution in [2.24, 2.45) is 0 Å². The highest BCUT2D eigenvalue weighted by Crippen LogP contribution is 2.40. The van der Waals surface area contributed by atoms with Crippen LogP contribution in [0.15, 0.2) is 18.5 Å². The first-order valence-corrected chi connectivity index (χ1v) is 9.29. The maximum atomic E-state index is 12.7. The highest BCUT2D eigenvalue weighted by molar-refractivity contribution is 5.82. The normalized spacial score (nSPS) is 24.2. The second-order valence-corrected chi connectivity index (χ2v) is 7.26. The van der Waals surface area contributed by atoms with Gasteiger partial charge in [-0.05, 0) is 31.7 Å². The number of carbonyl (C=O) groups excluding carboxylic acids is 1. The maximum Gasteiger partial charge on any atom is 0.253 e. The van der Waals surface area contributed by atoms with E-state index in [0.717, 1.165) is 49.5 Å². The summed E-state index contributed by atoms with van der Waals surface area (Å²) in [6, 6.07) is 2.16. The van der Waals surface area contributed by atoms with E-state index in [4.69, 9.17) is 9.84 Å². The van der Waals surface area contributed by atoms with Crippen molar-refractivity contribution in [3.63, 3.8) is 0 Å². The molecule has 1 aliphatic carbocycles. The first-order chi connectivity index (χ1) is 12.3. The van der Waals surface area contributed by atoms with Gasteiger partial charge in [-0.3, -0.25) is 4.79 Å². The Balaban J connectivity index is 1.40. The van der Waals surface area contributed by atoms with Crippen LogP contribution in [0, 0.1) is 0 Å². The second kappa shape index (κ2) is 5.98. The van der Waals surface area contributed by atoms with Gasteiger partial charge in [-0.2, -0.15) is 5.10 Å². The minimum atomic E-state index is -0.389. The fraction of sp³-hybridized carbons (Fsp3) is 0.611. The first-order valence-electron chi connectivity index (χ1n) is 9.29. The molecular weight excluding hydrogens is 318 g/mol. The van der Waals surface area contributed by atoms with Crippen LogP contribution in [0.5, 0.6) is 0 Å². The Labute approximate surface area is 146 Å². The molecule has 132 valence electrons. The van der Waals surface area contributed by atoms with Crippen LogP contribution in [0.1, 0.15) is 37.3 Å². The highest BCUT2D eigenvalue weighted by Gasteiger charge is 2.33. The third kappa shape index (κ3) is 2.76. The van der Waals surface area contributed by atoms with Crippen LogP contribution in [0.25, 0.3) is 5.52 Å². The molecular formula is C18H23N5O2. The molecule has 3 aliphatic rings. The lowest BCUT2D eigenvalue weighted by Gasteiger charge is -2.34. The molecule has 0 spiro atoms. The molecule has 4 heterocycles. The Morgan fingerprint density at radius 1 is 1.20 bits per heavy atom. The van der Waals surface area contributed by atoms with Crippen molar-refractivity contribution in [2.75, 3.05) is 37.7 Å². The van der Waals surface area contributed by atoms with Gasteiger partial charge < -0.3 is 14.5 Å². The van der Waals surface area contributed by atoms with Crippen LogP contribution in [-0.2, 0) is 9.53 Å². The van der Waals surface area contributed by atoms with Crippen LogP contribution in [0.2, 0.25) is 0 Å². The summed E-state index contributed by atoms with van der Waals surface area (Å²) in [5.41, 5.74) is 2.19. The standard InChI is InChI=1S/C18H23N5O2/c24-18(21-6-1-2-7-21)16-12-22(9-10-25-16)17-15-11-14(13-3-4-13)20-23(15)8-5-19-17/h5,8,11,13,16H,1-4,6-7,9-10,12H2. The fourth-order valence-corrected chi connectivity index (χ4v) is 3.88. The molecule has 0 bridgehead atoms. The lowest BCUT2D eigenvalue weighted by molar-refractivity contribution is -0.143. The Morgan fingerprint density at radius 3 is 2.84 bits per heavy atom. The largest absolute Gasteiger partial charge is 0.365 e. The van der Waals surface area contributed by atoms with E-state index >= 15 is 0 Å². The van der Waals surface area contributed by atoms with Gasteiger partial charge >= 0.3 is 0 Å². The minimum Gasteiger partial charge on any atom is -0.365 e. The quantitative estimate of drug-likeness (QED) is 0.845. The number of likely N-dealkylation sites (tertiary alicyclic amines) is 1. The van der Waals surface area contributed by atoms with Gasteiger partial charge in [0.25, 0.3) is 5.91 Å². The molecule has 7 nitrogen and oxygen atoms in total. The topological polar surface area (TPSA) is 63.0 Å². The van der Waals surface area contributed by atoms with E-state index in [1.165, 1.54) is 12.8 Å². The Bertz CT molecular complexity index is 794. The molecule has 2 aromatic heterocycles. The lowest BCUT2D eigenvalue weighted by atomic mass is 10.2. The van der Waals surface area contributed by atoms with Crippen LogP contribution >= 0.6 is 0 Å². The predicted molar refractivity (Wildman–Crippen MR) is 92.7 cm³/mol. The summed E-state index contributed by atoms with van der Waals surface area (Å²) in [5.74, 6) is 1.65. The summed E-state index contributed by atoms with van der Waals surface area (Å²) in [7, 11) is 0. The van der Waals surface area contributed by atoms with Crippen LogP contribution in [0.3, 0.4) is 0 Å². The summed E-state index contributed by atoms with van der Waals surface area (Å²) < 4.78 is 7.71. The molecule has 3 fully saturated rings. The molecule has 2 aliphatic heterocycles. The van der Waals surface area contributed by atoms with Gasteiger partial charge in [0, 0.05) is 37.9 Å². The molecule has 0 aromatic carbocycles. The third-order valence-electron chi connectivity index (χ3n) is 5.44. The van der Waals surface area contributed by atoms with Crippen LogP contribution in [0.4, 0.5) is 5.82 Å². The smallest absolute Gasteiger partial charge is 0.253 e. The monoisotopic (exact) mass is 341 g/mol. The van der Waals surface area contributed by atoms with E-state index in [1.54, 1.807) is 6.20 Å². The molecule has 1 saturated carbocycles. The Kier molecular flexibility index (Phi) is 3.62. The van der Waals surface area contributed by atoms with Crippen molar-refractivity contribution < 1.29 is 9.53 Å². The van der Waals surface area contributed by atoms with E-state index < -0.39 is 0 Å². The molecule has 2 aromatic rings. The number of nitrogens with zero attached hydrogens (tertiary/aromatic N) is 5. The molecule has 5 rings (SSSR count). The number of hydrogen-bond donors (Lipinski definition) is 0. The number of fused-ring (bicyclic) bond motifs is 1. The van der Waals surface area contributed by atoms with Gasteiger partial charge in [0.05, 0.1) is 18.8 Å². The summed E-state index contributed by atoms with van der Waals surface area (Å²) in [6.45, 7) is 3.59. The average molecular weight is 341 g/mol. The Morgan fingerprint density at radius 2 is 2.04 bits per heavy atom. The fourth-order valence-electron chi connectivity index (χ4n) is 3.88. The zero-order valence-corrected chi connectivity index (χ0v) is 14.3. The number of aromatic nitrogens is 3. The highest BCUT2D eigenvalue weighted by atomic mass is 16.5. The summed E-state index contributed by atoms with van der Waals surface area (Å²) >= 11 is 0. The lowest BCUT2D eigenvalue weighted by Crippen LogP contribution is -2.50. The molecule has 25 heavy (non-hydrogen) atoms. The molecule has 0 N–H and O–H groups in total. The van der Waals surface area contributed by atoms with Gasteiger partial charge in [0.1, 0.15) is 5.52 Å². The van der Waals surface area contributed by atoms with Crippen LogP contribution < -0.4 is 4.90 Å². The zero-order valence-electron chi connectivity index (χ0n) is 14.3. The van der Waals surface area contributed by atoms with Gasteiger partial charge in [0.2, 0.25) is 0 Å². The van der Waals surface area contributed by atoms with Crippen molar-refractivity contribution in [1.82, 2.24) is 19.5 Å². The predicted octanol–water partition coefficient (Wildman–Crippen LogP) is 1.43. The van der Waals surface area contributed by atoms with E-state index in [9.17, 15) is 4.79 Å². The summed E-state index contributed by atoms with van der Waals surface area (Å²) in [4.78, 5) is 21.4. The number of ether oxygens (including phenoxy) is 1. The van der Waals surface area contributed by atoms with Crippen molar-refractivity contribution in [1.29, 1.82) is 0 Å². The van der Waals surface area contributed by atoms with Gasteiger partial charge in [-0.15, -0.1) is 0 Å². The molecule has 2 saturated heterocycles. The number of morpholine rings is 1. The molecule has 1 amide bonds. The zero-order chi connectivity index (χ0) is 16.8. The maximum absolute atomic E-state index is 12.7. The van der Waals surface area contributed by atoms with Crippen LogP contribution in [-0.4, -0.2) is 64.3 Å². The number of amides is 1. The van der Waals surface area contributed by atoms with Gasteiger partial charge in [-0.25, -0.2) is 9.50 Å². The SMILES string of the molecule is O=C(C1CN(c2nccn3nc(C4CC4)cc23)CCO1)N1CCCC1. The molecule has 1 unspecified atom stereocenters. The van der Waals surface area contributed by atoms with Gasteiger partial charge in [-0.1, -0.05) is 0 Å². The third-order valence-corrected chi connectivity index (χ3v) is 5.44. The molecule has 0 radical (unpaired) electrons. The number of anilines is 1.